The monoisotopic (exact) mass is 402 g/mol. The van der Waals surface area contributed by atoms with Crippen molar-refractivity contribution in [2.75, 3.05) is 4.90 Å². The van der Waals surface area contributed by atoms with E-state index in [-0.39, 0.29) is 0 Å². The number of anilines is 3. The van der Waals surface area contributed by atoms with Gasteiger partial charge in [0.1, 0.15) is 5.69 Å². The van der Waals surface area contributed by atoms with E-state index in [9.17, 15) is 0 Å². The van der Waals surface area contributed by atoms with Gasteiger partial charge in [-0.15, -0.1) is 5.10 Å². The number of nitrogens with zero attached hydrogens (tertiary/aromatic N) is 4. The minimum atomic E-state index is 0.832. The molecule has 0 saturated heterocycles. The Morgan fingerprint density at radius 3 is 2.00 bits per heavy atom. The van der Waals surface area contributed by atoms with Crippen LogP contribution in [0.4, 0.5) is 17.1 Å². The van der Waals surface area contributed by atoms with E-state index in [4.69, 9.17) is 4.74 Å². The molecule has 0 bridgehead atoms. The fourth-order valence-corrected chi connectivity index (χ4v) is 3.89. The summed E-state index contributed by atoms with van der Waals surface area (Å²) in [6.07, 6.45) is 1.95. The largest absolute Gasteiger partial charge is 0.453 e. The van der Waals surface area contributed by atoms with Crippen molar-refractivity contribution >= 4 is 17.1 Å². The zero-order valence-electron chi connectivity index (χ0n) is 16.6. The first-order chi connectivity index (χ1) is 15.4. The summed E-state index contributed by atoms with van der Waals surface area (Å²) < 4.78 is 7.94. The highest BCUT2D eigenvalue weighted by molar-refractivity contribution is 5.86. The molecule has 148 valence electrons. The van der Waals surface area contributed by atoms with Crippen molar-refractivity contribution in [1.29, 1.82) is 0 Å². The van der Waals surface area contributed by atoms with Crippen LogP contribution in [-0.4, -0.2) is 15.0 Å². The highest BCUT2D eigenvalue weighted by Gasteiger charge is 2.25. The third-order valence-corrected chi connectivity index (χ3v) is 5.35. The van der Waals surface area contributed by atoms with Gasteiger partial charge in [-0.1, -0.05) is 65.9 Å². The van der Waals surface area contributed by atoms with Gasteiger partial charge in [-0.3, -0.25) is 0 Å². The maximum absolute atomic E-state index is 6.13. The summed E-state index contributed by atoms with van der Waals surface area (Å²) in [7, 11) is 0. The highest BCUT2D eigenvalue weighted by Crippen LogP contribution is 2.50. The highest BCUT2D eigenvalue weighted by atomic mass is 16.5. The molecule has 0 amide bonds. The Bertz CT molecular complexity index is 1330. The maximum atomic E-state index is 6.13. The number of rotatable bonds is 3. The standard InChI is InChI=1S/C26H18N4O/c1-2-9-19(10-3-1)22-18-29(28-27-22)20-11-8-12-21(17-20)30-23-13-4-6-15-25(23)31-26-16-7-5-14-24(26)30/h1-18H. The molecule has 4 aromatic carbocycles. The molecule has 0 spiro atoms. The van der Waals surface area contributed by atoms with Crippen molar-refractivity contribution in [3.63, 3.8) is 0 Å². The van der Waals surface area contributed by atoms with Gasteiger partial charge in [-0.2, -0.15) is 0 Å². The second kappa shape index (κ2) is 7.15. The van der Waals surface area contributed by atoms with Gasteiger partial charge in [-0.25, -0.2) is 4.68 Å². The van der Waals surface area contributed by atoms with Crippen molar-refractivity contribution in [3.05, 3.63) is 109 Å². The summed E-state index contributed by atoms with van der Waals surface area (Å²) in [6, 6.07) is 34.5. The molecule has 2 heterocycles. The topological polar surface area (TPSA) is 43.2 Å². The van der Waals surface area contributed by atoms with Crippen molar-refractivity contribution in [3.8, 4) is 28.4 Å². The molecule has 5 nitrogen and oxygen atoms in total. The molecule has 5 heteroatoms. The van der Waals surface area contributed by atoms with E-state index >= 15 is 0 Å². The Kier molecular flexibility index (Phi) is 4.03. The van der Waals surface area contributed by atoms with Gasteiger partial charge in [0.25, 0.3) is 0 Å². The fraction of sp³-hybridized carbons (Fsp3) is 0. The van der Waals surface area contributed by atoms with Gasteiger partial charge < -0.3 is 9.64 Å². The minimum absolute atomic E-state index is 0.832. The number of aromatic nitrogens is 3. The minimum Gasteiger partial charge on any atom is -0.453 e. The van der Waals surface area contributed by atoms with Crippen molar-refractivity contribution in [1.82, 2.24) is 15.0 Å². The van der Waals surface area contributed by atoms with Gasteiger partial charge in [0.2, 0.25) is 0 Å². The summed E-state index contributed by atoms with van der Waals surface area (Å²) in [5.74, 6) is 1.66. The van der Waals surface area contributed by atoms with Crippen LogP contribution in [0.15, 0.2) is 109 Å². The van der Waals surface area contributed by atoms with Crippen LogP contribution in [0.5, 0.6) is 11.5 Å². The number of benzene rings is 4. The van der Waals surface area contributed by atoms with E-state index in [1.807, 2.05) is 89.7 Å². The summed E-state index contributed by atoms with van der Waals surface area (Å²) in [6.45, 7) is 0. The number of fused-ring (bicyclic) bond motifs is 2. The lowest BCUT2D eigenvalue weighted by Gasteiger charge is -2.32. The van der Waals surface area contributed by atoms with Gasteiger partial charge in [0.05, 0.1) is 23.3 Å². The molecule has 0 radical (unpaired) electrons. The molecule has 0 saturated carbocycles. The first-order valence-corrected chi connectivity index (χ1v) is 10.1. The predicted molar refractivity (Wildman–Crippen MR) is 122 cm³/mol. The lowest BCUT2D eigenvalue weighted by Crippen LogP contribution is -2.15. The number of para-hydroxylation sites is 4. The first-order valence-electron chi connectivity index (χ1n) is 10.1. The predicted octanol–water partition coefficient (Wildman–Crippen LogP) is 6.51. The second-order valence-electron chi connectivity index (χ2n) is 7.31. The van der Waals surface area contributed by atoms with E-state index in [2.05, 4.69) is 39.5 Å². The number of ether oxygens (including phenoxy) is 1. The molecule has 31 heavy (non-hydrogen) atoms. The summed E-state index contributed by atoms with van der Waals surface area (Å²) in [5.41, 5.74) is 5.85. The van der Waals surface area contributed by atoms with Crippen LogP contribution in [0.1, 0.15) is 0 Å². The van der Waals surface area contributed by atoms with Crippen LogP contribution in [0.3, 0.4) is 0 Å². The van der Waals surface area contributed by atoms with E-state index in [1.54, 1.807) is 0 Å². The quantitative estimate of drug-likeness (QED) is 0.338. The molecule has 1 aliphatic heterocycles. The molecule has 6 rings (SSSR count). The van der Waals surface area contributed by atoms with Crippen molar-refractivity contribution in [2.24, 2.45) is 0 Å². The summed E-state index contributed by atoms with van der Waals surface area (Å²) >= 11 is 0. The van der Waals surface area contributed by atoms with Crippen LogP contribution in [0.25, 0.3) is 16.9 Å². The lowest BCUT2D eigenvalue weighted by atomic mass is 10.1. The Labute approximate surface area is 179 Å². The zero-order valence-corrected chi connectivity index (χ0v) is 16.6. The smallest absolute Gasteiger partial charge is 0.151 e. The number of hydrogen-bond donors (Lipinski definition) is 0. The summed E-state index contributed by atoms with van der Waals surface area (Å²) in [5, 5.41) is 8.72. The third-order valence-electron chi connectivity index (χ3n) is 5.35. The van der Waals surface area contributed by atoms with Crippen molar-refractivity contribution in [2.45, 2.75) is 0 Å². The Morgan fingerprint density at radius 2 is 1.26 bits per heavy atom. The summed E-state index contributed by atoms with van der Waals surface area (Å²) in [4.78, 5) is 2.21. The van der Waals surface area contributed by atoms with Gasteiger partial charge in [-0.05, 0) is 42.5 Å². The van der Waals surface area contributed by atoms with Crippen molar-refractivity contribution < 1.29 is 4.74 Å². The molecule has 0 atom stereocenters. The average molecular weight is 402 g/mol. The fourth-order valence-electron chi connectivity index (χ4n) is 3.89. The van der Waals surface area contributed by atoms with Crippen LogP contribution < -0.4 is 9.64 Å². The molecule has 1 aromatic heterocycles. The van der Waals surface area contributed by atoms with Crippen LogP contribution in [-0.2, 0) is 0 Å². The normalized spacial score (nSPS) is 12.1. The van der Waals surface area contributed by atoms with E-state index in [0.29, 0.717) is 0 Å². The van der Waals surface area contributed by atoms with Gasteiger partial charge in [0.15, 0.2) is 11.5 Å². The van der Waals surface area contributed by atoms with E-state index < -0.39 is 0 Å². The third kappa shape index (κ3) is 3.04. The zero-order chi connectivity index (χ0) is 20.6. The molecular formula is C26H18N4O. The Morgan fingerprint density at radius 1 is 0.613 bits per heavy atom. The van der Waals surface area contributed by atoms with Gasteiger partial charge in [0, 0.05) is 11.3 Å². The van der Waals surface area contributed by atoms with Crippen LogP contribution >= 0.6 is 0 Å². The van der Waals surface area contributed by atoms with Crippen LogP contribution in [0, 0.1) is 0 Å². The Balaban J connectivity index is 1.44. The van der Waals surface area contributed by atoms with Crippen LogP contribution in [0.2, 0.25) is 0 Å². The van der Waals surface area contributed by atoms with Gasteiger partial charge >= 0.3 is 0 Å². The molecule has 0 aliphatic carbocycles. The molecule has 5 aromatic rings. The average Bonchev–Trinajstić information content (AvgIpc) is 3.34. The number of hydrogen-bond acceptors (Lipinski definition) is 4. The maximum Gasteiger partial charge on any atom is 0.151 e. The molecule has 0 fully saturated rings. The molecular weight excluding hydrogens is 384 g/mol. The Hall–Kier alpha value is -4.38. The van der Waals surface area contributed by atoms with E-state index in [0.717, 1.165) is 45.5 Å². The molecule has 0 unspecified atom stereocenters. The first kappa shape index (κ1) is 17.5. The second-order valence-corrected chi connectivity index (χ2v) is 7.31. The lowest BCUT2D eigenvalue weighted by molar-refractivity contribution is 0.477. The van der Waals surface area contributed by atoms with E-state index in [1.165, 1.54) is 0 Å². The SMILES string of the molecule is c1ccc(-c2cn(-c3cccc(N4c5ccccc5Oc5ccccc54)c3)nn2)cc1. The molecule has 1 aliphatic rings. The molecule has 0 N–H and O–H groups in total.